The molecule has 0 aromatic heterocycles. The molecule has 0 rings (SSSR count). The van der Waals surface area contributed by atoms with Crippen molar-refractivity contribution in [1.29, 1.82) is 0 Å². The van der Waals surface area contributed by atoms with Crippen LogP contribution in [0.4, 0.5) is 0 Å². The van der Waals surface area contributed by atoms with Crippen LogP contribution in [0.15, 0.2) is 0 Å². The second kappa shape index (κ2) is 4.92. The number of aliphatic carboxylic acids is 1. The standard InChI is InChI=1S/C16H30O3/c1-13(2,3)10-11(17)16(12(18)19,14(4,5)6)15(7,8)9/h10H2,1-9H3,(H,18,19). The minimum atomic E-state index is -1.38. The van der Waals surface area contributed by atoms with Crippen LogP contribution in [0, 0.1) is 21.7 Å². The summed E-state index contributed by atoms with van der Waals surface area (Å²) < 4.78 is 0. The van der Waals surface area contributed by atoms with Crippen molar-refractivity contribution in [2.75, 3.05) is 0 Å². The van der Waals surface area contributed by atoms with Gasteiger partial charge in [-0.3, -0.25) is 9.59 Å². The fourth-order valence-corrected chi connectivity index (χ4v) is 3.34. The van der Waals surface area contributed by atoms with Crippen LogP contribution < -0.4 is 0 Å². The van der Waals surface area contributed by atoms with Gasteiger partial charge in [0.15, 0.2) is 5.78 Å². The fraction of sp³-hybridized carbons (Fsp3) is 0.875. The number of carbonyl (C=O) groups is 2. The molecule has 0 unspecified atom stereocenters. The summed E-state index contributed by atoms with van der Waals surface area (Å²) in [6.45, 7) is 16.9. The normalized spacial score (nSPS) is 14.4. The molecule has 0 aliphatic carbocycles. The van der Waals surface area contributed by atoms with Gasteiger partial charge < -0.3 is 5.11 Å². The van der Waals surface area contributed by atoms with E-state index in [9.17, 15) is 14.7 Å². The van der Waals surface area contributed by atoms with Crippen molar-refractivity contribution >= 4 is 11.8 Å². The molecule has 0 aromatic rings. The number of carbonyl (C=O) groups excluding carboxylic acids is 1. The summed E-state index contributed by atoms with van der Waals surface area (Å²) in [6.07, 6.45) is 0.272. The highest BCUT2D eigenvalue weighted by Crippen LogP contribution is 2.53. The van der Waals surface area contributed by atoms with E-state index in [1.54, 1.807) is 0 Å². The van der Waals surface area contributed by atoms with Crippen LogP contribution >= 0.6 is 0 Å². The van der Waals surface area contributed by atoms with Crippen LogP contribution in [-0.4, -0.2) is 16.9 Å². The Morgan fingerprint density at radius 1 is 0.789 bits per heavy atom. The smallest absolute Gasteiger partial charge is 0.318 e. The molecular weight excluding hydrogens is 240 g/mol. The van der Waals surface area contributed by atoms with Crippen molar-refractivity contribution < 1.29 is 14.7 Å². The lowest BCUT2D eigenvalue weighted by molar-refractivity contribution is -0.175. The van der Waals surface area contributed by atoms with Crippen molar-refractivity contribution in [2.24, 2.45) is 21.7 Å². The molecule has 1 N–H and O–H groups in total. The van der Waals surface area contributed by atoms with Crippen molar-refractivity contribution in [3.05, 3.63) is 0 Å². The number of rotatable bonds is 3. The SMILES string of the molecule is CC(C)(C)CC(=O)C(C(=O)O)(C(C)(C)C)C(C)(C)C. The van der Waals surface area contributed by atoms with Gasteiger partial charge in [-0.2, -0.15) is 0 Å². The third-order valence-electron chi connectivity index (χ3n) is 3.68. The molecule has 0 saturated carbocycles. The van der Waals surface area contributed by atoms with E-state index in [1.807, 2.05) is 62.3 Å². The Bertz CT molecular complexity index is 345. The topological polar surface area (TPSA) is 54.4 Å². The maximum Gasteiger partial charge on any atom is 0.318 e. The van der Waals surface area contributed by atoms with E-state index in [1.165, 1.54) is 0 Å². The van der Waals surface area contributed by atoms with Crippen molar-refractivity contribution in [1.82, 2.24) is 0 Å². The molecule has 0 spiro atoms. The van der Waals surface area contributed by atoms with E-state index in [0.29, 0.717) is 0 Å². The van der Waals surface area contributed by atoms with Gasteiger partial charge in [-0.1, -0.05) is 62.3 Å². The lowest BCUT2D eigenvalue weighted by atomic mass is 9.51. The second-order valence-corrected chi connectivity index (χ2v) is 8.72. The van der Waals surface area contributed by atoms with E-state index in [-0.39, 0.29) is 17.6 Å². The van der Waals surface area contributed by atoms with Crippen LogP contribution in [0.1, 0.15) is 68.7 Å². The van der Waals surface area contributed by atoms with E-state index < -0.39 is 22.2 Å². The minimum absolute atomic E-state index is 0.174. The second-order valence-electron chi connectivity index (χ2n) is 8.72. The largest absolute Gasteiger partial charge is 0.480 e. The van der Waals surface area contributed by atoms with Gasteiger partial charge in [-0.05, 0) is 16.2 Å². The first-order valence-electron chi connectivity index (χ1n) is 6.84. The Morgan fingerprint density at radius 2 is 1.11 bits per heavy atom. The summed E-state index contributed by atoms with van der Waals surface area (Å²) >= 11 is 0. The number of hydrogen-bond acceptors (Lipinski definition) is 2. The monoisotopic (exact) mass is 270 g/mol. The molecule has 112 valence electrons. The Morgan fingerprint density at radius 3 is 1.26 bits per heavy atom. The molecule has 3 heteroatoms. The lowest BCUT2D eigenvalue weighted by Crippen LogP contribution is -2.58. The zero-order valence-electron chi connectivity index (χ0n) is 14.0. The molecule has 19 heavy (non-hydrogen) atoms. The van der Waals surface area contributed by atoms with E-state index in [2.05, 4.69) is 0 Å². The summed E-state index contributed by atoms with van der Waals surface area (Å²) in [5.74, 6) is -1.19. The molecule has 0 amide bonds. The first-order chi connectivity index (χ1) is 8.07. The van der Waals surface area contributed by atoms with Gasteiger partial charge >= 0.3 is 5.97 Å². The van der Waals surface area contributed by atoms with Crippen molar-refractivity contribution in [3.63, 3.8) is 0 Å². The maximum atomic E-state index is 12.8. The molecule has 0 radical (unpaired) electrons. The average molecular weight is 270 g/mol. The van der Waals surface area contributed by atoms with Gasteiger partial charge in [0.25, 0.3) is 0 Å². The van der Waals surface area contributed by atoms with Gasteiger partial charge in [-0.25, -0.2) is 0 Å². The van der Waals surface area contributed by atoms with Crippen LogP contribution in [0.5, 0.6) is 0 Å². The van der Waals surface area contributed by atoms with Gasteiger partial charge in [-0.15, -0.1) is 0 Å². The van der Waals surface area contributed by atoms with Crippen LogP contribution in [0.3, 0.4) is 0 Å². The molecule has 0 bridgehead atoms. The summed E-state index contributed by atoms with van der Waals surface area (Å²) in [7, 11) is 0. The third kappa shape index (κ3) is 3.37. The zero-order chi connectivity index (χ0) is 15.9. The quantitative estimate of drug-likeness (QED) is 0.784. The minimum Gasteiger partial charge on any atom is -0.480 e. The molecule has 0 aromatic carbocycles. The van der Waals surface area contributed by atoms with Gasteiger partial charge in [0.05, 0.1) is 0 Å². The van der Waals surface area contributed by atoms with Crippen molar-refractivity contribution in [3.8, 4) is 0 Å². The zero-order valence-corrected chi connectivity index (χ0v) is 14.0. The molecule has 0 aliphatic heterocycles. The van der Waals surface area contributed by atoms with Crippen LogP contribution in [0.2, 0.25) is 0 Å². The highest BCUT2D eigenvalue weighted by Gasteiger charge is 2.61. The summed E-state index contributed by atoms with van der Waals surface area (Å²) in [4.78, 5) is 24.9. The Labute approximate surface area is 117 Å². The number of carboxylic acids is 1. The highest BCUT2D eigenvalue weighted by atomic mass is 16.4. The Balaban J connectivity index is 6.06. The fourth-order valence-electron chi connectivity index (χ4n) is 3.34. The molecule has 0 fully saturated rings. The third-order valence-corrected chi connectivity index (χ3v) is 3.68. The Kier molecular flexibility index (Phi) is 4.69. The highest BCUT2D eigenvalue weighted by molar-refractivity contribution is 6.05. The number of hydrogen-bond donors (Lipinski definition) is 1. The number of Topliss-reactive ketones (excluding diaryl/α,β-unsaturated/α-hetero) is 1. The van der Waals surface area contributed by atoms with Crippen LogP contribution in [-0.2, 0) is 9.59 Å². The predicted octanol–water partition coefficient (Wildman–Crippen LogP) is 4.15. The van der Waals surface area contributed by atoms with Crippen LogP contribution in [0.25, 0.3) is 0 Å². The number of carboxylic acid groups (broad SMARTS) is 1. The summed E-state index contributed by atoms with van der Waals surface area (Å²) in [6, 6.07) is 0. The molecule has 0 aliphatic rings. The molecule has 0 saturated heterocycles. The predicted molar refractivity (Wildman–Crippen MR) is 78.1 cm³/mol. The number of ketones is 1. The van der Waals surface area contributed by atoms with E-state index in [4.69, 9.17) is 0 Å². The molecule has 0 atom stereocenters. The van der Waals surface area contributed by atoms with Crippen molar-refractivity contribution in [2.45, 2.75) is 68.7 Å². The first-order valence-corrected chi connectivity index (χ1v) is 6.84. The first kappa shape index (κ1) is 18.1. The Hall–Kier alpha value is -0.860. The maximum absolute atomic E-state index is 12.8. The van der Waals surface area contributed by atoms with E-state index >= 15 is 0 Å². The summed E-state index contributed by atoms with van der Waals surface area (Å²) in [5, 5.41) is 9.84. The molecular formula is C16H30O3. The summed E-state index contributed by atoms with van der Waals surface area (Å²) in [5.41, 5.74) is -2.87. The lowest BCUT2D eigenvalue weighted by Gasteiger charge is -2.49. The van der Waals surface area contributed by atoms with Gasteiger partial charge in [0.2, 0.25) is 0 Å². The van der Waals surface area contributed by atoms with E-state index in [0.717, 1.165) is 0 Å². The molecule has 3 nitrogen and oxygen atoms in total. The molecule has 0 heterocycles. The van der Waals surface area contributed by atoms with Gasteiger partial charge in [0, 0.05) is 6.42 Å². The van der Waals surface area contributed by atoms with Gasteiger partial charge in [0.1, 0.15) is 5.41 Å². The average Bonchev–Trinajstić information content (AvgIpc) is 1.91.